The quantitative estimate of drug-likeness (QED) is 0.0750. The first-order valence-electron chi connectivity index (χ1n) is 11.6. The molecule has 0 unspecified atom stereocenters. The number of nitrogens with zero attached hydrogens (tertiary/aromatic N) is 8. The second-order valence-corrected chi connectivity index (χ2v) is 9.34. The van der Waals surface area contributed by atoms with Crippen molar-refractivity contribution in [1.29, 1.82) is 0 Å². The Morgan fingerprint density at radius 1 is 1.29 bits per heavy atom. The molecule has 38 heavy (non-hydrogen) atoms. The van der Waals surface area contributed by atoms with E-state index >= 15 is 0 Å². The average Bonchev–Trinajstić information content (AvgIpc) is 3.71. The fourth-order valence-electron chi connectivity index (χ4n) is 4.16. The summed E-state index contributed by atoms with van der Waals surface area (Å²) >= 11 is 1.48. The normalized spacial score (nSPS) is 13.9. The number of hydrazine groups is 1. The summed E-state index contributed by atoms with van der Waals surface area (Å²) in [6, 6.07) is 0. The fourth-order valence-corrected chi connectivity index (χ4v) is 4.79. The number of anilines is 2. The van der Waals surface area contributed by atoms with E-state index in [-0.39, 0.29) is 5.56 Å². The van der Waals surface area contributed by atoms with Crippen molar-refractivity contribution in [2.75, 3.05) is 43.2 Å². The summed E-state index contributed by atoms with van der Waals surface area (Å²) in [6.07, 6.45) is 5.98. The van der Waals surface area contributed by atoms with E-state index in [1.165, 1.54) is 47.1 Å². The summed E-state index contributed by atoms with van der Waals surface area (Å²) < 4.78 is 5.44. The van der Waals surface area contributed by atoms with Crippen LogP contribution in [0.4, 0.5) is 11.6 Å². The van der Waals surface area contributed by atoms with Crippen molar-refractivity contribution in [3.63, 3.8) is 0 Å². The van der Waals surface area contributed by atoms with E-state index < -0.39 is 11.7 Å². The van der Waals surface area contributed by atoms with Crippen LogP contribution in [-0.2, 0) is 4.79 Å². The smallest absolute Gasteiger partial charge is 0.295 e. The van der Waals surface area contributed by atoms with Crippen LogP contribution in [0, 0.1) is 0 Å². The van der Waals surface area contributed by atoms with Gasteiger partial charge in [-0.15, -0.1) is 16.4 Å². The van der Waals surface area contributed by atoms with Crippen molar-refractivity contribution in [2.24, 2.45) is 10.8 Å². The van der Waals surface area contributed by atoms with Gasteiger partial charge in [-0.05, 0) is 6.92 Å². The molecule has 1 aliphatic heterocycles. The predicted octanol–water partition coefficient (Wildman–Crippen LogP) is 1.59. The molecule has 14 nitrogen and oxygen atoms in total. The molecule has 4 aromatic heterocycles. The highest BCUT2D eigenvalue weighted by molar-refractivity contribution is 7.13. The molecule has 1 amide bonds. The largest absolute Gasteiger partial charge is 0.494 e. The van der Waals surface area contributed by atoms with E-state index in [1.54, 1.807) is 13.1 Å². The highest BCUT2D eigenvalue weighted by Gasteiger charge is 2.31. The summed E-state index contributed by atoms with van der Waals surface area (Å²) in [5.41, 5.74) is 1.89. The fraction of sp³-hybridized carbons (Fsp3) is 0.261. The number of hydrogen-bond donors (Lipinski definition) is 3. The van der Waals surface area contributed by atoms with Crippen LogP contribution in [0.2, 0.25) is 0 Å². The maximum atomic E-state index is 13.4. The van der Waals surface area contributed by atoms with Crippen molar-refractivity contribution in [2.45, 2.75) is 6.92 Å². The molecule has 0 atom stereocenters. The lowest BCUT2D eigenvalue weighted by molar-refractivity contribution is -0.126. The van der Waals surface area contributed by atoms with Crippen molar-refractivity contribution < 1.29 is 14.3 Å². The molecule has 4 N–H and O–H groups in total. The third-order valence-electron chi connectivity index (χ3n) is 6.00. The number of H-pyrrole nitrogens is 2. The average molecular weight is 536 g/mol. The number of rotatable bonds is 8. The maximum absolute atomic E-state index is 13.4. The third kappa shape index (κ3) is 4.59. The molecule has 1 aliphatic rings. The highest BCUT2D eigenvalue weighted by Crippen LogP contribution is 2.34. The lowest BCUT2D eigenvalue weighted by Crippen LogP contribution is -2.50. The molecule has 0 radical (unpaired) electrons. The Labute approximate surface area is 220 Å². The number of methoxy groups -OCH3 is 1. The first-order chi connectivity index (χ1) is 18.4. The molecule has 1 saturated heterocycles. The van der Waals surface area contributed by atoms with Crippen LogP contribution >= 0.6 is 11.3 Å². The van der Waals surface area contributed by atoms with Gasteiger partial charge in [0.25, 0.3) is 11.7 Å². The Morgan fingerprint density at radius 3 is 2.76 bits per heavy atom. The number of nitrogens with two attached hydrogens (primary N) is 1. The Hall–Kier alpha value is -4.63. The summed E-state index contributed by atoms with van der Waals surface area (Å²) in [5.74, 6) is 6.12. The number of aromatic amines is 2. The molecule has 4 aromatic rings. The van der Waals surface area contributed by atoms with Gasteiger partial charge < -0.3 is 19.5 Å². The number of thiazole rings is 1. The molecule has 15 heteroatoms. The Bertz CT molecular complexity index is 1520. The number of carbonyl (C=O) groups is 2. The zero-order valence-electron chi connectivity index (χ0n) is 20.7. The second-order valence-electron chi connectivity index (χ2n) is 8.45. The van der Waals surface area contributed by atoms with Gasteiger partial charge in [0, 0.05) is 49.6 Å². The van der Waals surface area contributed by atoms with Gasteiger partial charge in [-0.3, -0.25) is 14.7 Å². The van der Waals surface area contributed by atoms with Crippen LogP contribution in [0.25, 0.3) is 21.6 Å². The minimum Gasteiger partial charge on any atom is -0.494 e. The third-order valence-corrected chi connectivity index (χ3v) is 6.79. The zero-order chi connectivity index (χ0) is 26.8. The first kappa shape index (κ1) is 25.0. The molecule has 5 rings (SSSR count). The number of carbonyl (C=O) groups excluding carboxylic acids is 2. The van der Waals surface area contributed by atoms with Gasteiger partial charge in [-0.25, -0.2) is 25.8 Å². The number of ether oxygens (including phenoxy) is 1. The van der Waals surface area contributed by atoms with Gasteiger partial charge in [0.1, 0.15) is 22.8 Å². The SMILES string of the molecule is C=C(C)/N=C\N(N)c1ncc(OC)c2c(C(=O)C(=O)N3CCN(c4nn[nH]c4-c4nccs4)CC3)c[nH]c12. The lowest BCUT2D eigenvalue weighted by atomic mass is 10.1. The minimum atomic E-state index is -0.663. The lowest BCUT2D eigenvalue weighted by Gasteiger charge is -2.34. The monoisotopic (exact) mass is 535 g/mol. The van der Waals surface area contributed by atoms with E-state index in [1.807, 2.05) is 10.3 Å². The van der Waals surface area contributed by atoms with Crippen molar-refractivity contribution in [3.8, 4) is 16.5 Å². The standard InChI is InChI=1S/C23H25N11O3S/c1-13(2)28-12-34(24)20-17-16(15(37-3)11-27-20)14(10-26-17)19(35)23(36)33-7-5-32(6-8-33)21-18(29-31-30-21)22-25-4-9-38-22/h4,9-12,26H,1,5-8,24H2,2-3H3,(H,29,30,31)/b28-12-. The molecule has 0 saturated carbocycles. The van der Waals surface area contributed by atoms with Crippen LogP contribution in [0.5, 0.6) is 5.75 Å². The number of fused-ring (bicyclic) bond motifs is 1. The number of aromatic nitrogens is 6. The van der Waals surface area contributed by atoms with Gasteiger partial charge in [-0.2, -0.15) is 0 Å². The zero-order valence-corrected chi connectivity index (χ0v) is 21.5. The molecule has 0 aromatic carbocycles. The highest BCUT2D eigenvalue weighted by atomic mass is 32.1. The molecule has 196 valence electrons. The molecular weight excluding hydrogens is 510 g/mol. The number of amides is 1. The van der Waals surface area contributed by atoms with Crippen molar-refractivity contribution in [1.82, 2.24) is 35.3 Å². The van der Waals surface area contributed by atoms with Crippen LogP contribution in [0.15, 0.2) is 41.2 Å². The number of pyridine rings is 1. The van der Waals surface area contributed by atoms with E-state index in [9.17, 15) is 9.59 Å². The van der Waals surface area contributed by atoms with E-state index in [2.05, 4.69) is 41.9 Å². The van der Waals surface area contributed by atoms with Gasteiger partial charge in [0.05, 0.1) is 29.8 Å². The topological polar surface area (TPSA) is 175 Å². The van der Waals surface area contributed by atoms with Gasteiger partial charge in [0.15, 0.2) is 11.6 Å². The van der Waals surface area contributed by atoms with E-state index in [0.29, 0.717) is 60.2 Å². The molecule has 1 fully saturated rings. The number of nitrogens with one attached hydrogen (secondary N) is 2. The van der Waals surface area contributed by atoms with Crippen LogP contribution in [-0.4, -0.2) is 86.6 Å². The van der Waals surface area contributed by atoms with E-state index in [0.717, 1.165) is 10.7 Å². The number of hydrogen-bond acceptors (Lipinski definition) is 11. The Kier molecular flexibility index (Phi) is 6.85. The number of Topliss-reactive ketones (excluding diaryl/α,β-unsaturated/α-hetero) is 1. The maximum Gasteiger partial charge on any atom is 0.295 e. The van der Waals surface area contributed by atoms with Crippen molar-refractivity contribution >= 4 is 51.9 Å². The molecule has 0 aliphatic carbocycles. The van der Waals surface area contributed by atoms with Crippen LogP contribution in [0.3, 0.4) is 0 Å². The summed E-state index contributed by atoms with van der Waals surface area (Å²) in [5, 5.41) is 15.3. The second kappa shape index (κ2) is 10.4. The number of aliphatic imine (C=N–C) groups is 1. The predicted molar refractivity (Wildman–Crippen MR) is 143 cm³/mol. The summed E-state index contributed by atoms with van der Waals surface area (Å²) in [4.78, 5) is 45.9. The molecule has 0 bridgehead atoms. The Balaban J connectivity index is 1.35. The number of ketones is 1. The van der Waals surface area contributed by atoms with Gasteiger partial charge >= 0.3 is 0 Å². The van der Waals surface area contributed by atoms with E-state index in [4.69, 9.17) is 10.6 Å². The van der Waals surface area contributed by atoms with Gasteiger partial charge in [0.2, 0.25) is 0 Å². The van der Waals surface area contributed by atoms with Crippen LogP contribution in [0.1, 0.15) is 17.3 Å². The first-order valence-corrected chi connectivity index (χ1v) is 12.4. The van der Waals surface area contributed by atoms with Crippen molar-refractivity contribution in [3.05, 3.63) is 41.8 Å². The van der Waals surface area contributed by atoms with Gasteiger partial charge in [-0.1, -0.05) is 11.8 Å². The van der Waals surface area contributed by atoms with Crippen LogP contribution < -0.4 is 20.5 Å². The number of allylic oxidation sites excluding steroid dienone is 1. The molecule has 5 heterocycles. The molecular formula is C23H25N11O3S. The Morgan fingerprint density at radius 2 is 2.08 bits per heavy atom. The summed E-state index contributed by atoms with van der Waals surface area (Å²) in [7, 11) is 1.46. The molecule has 0 spiro atoms. The number of piperazine rings is 1. The minimum absolute atomic E-state index is 0.167. The summed E-state index contributed by atoms with van der Waals surface area (Å²) in [6.45, 7) is 7.09.